The first-order valence-corrected chi connectivity index (χ1v) is 9.80. The Morgan fingerprint density at radius 3 is 2.54 bits per heavy atom. The Hall–Kier alpha value is -2.01. The smallest absolute Gasteiger partial charge is 0.350 e. The van der Waals surface area contributed by atoms with Crippen molar-refractivity contribution < 1.29 is 22.7 Å². The van der Waals surface area contributed by atoms with Gasteiger partial charge in [-0.1, -0.05) is 22.9 Å². The van der Waals surface area contributed by atoms with Crippen molar-refractivity contribution in [2.75, 3.05) is 26.5 Å². The molecule has 1 N–H and O–H groups in total. The predicted octanol–water partition coefficient (Wildman–Crippen LogP) is 2.39. The molecule has 1 amide bonds. The van der Waals surface area contributed by atoms with Crippen LogP contribution in [-0.2, 0) is 14.8 Å². The van der Waals surface area contributed by atoms with Crippen molar-refractivity contribution in [1.29, 1.82) is 0 Å². The van der Waals surface area contributed by atoms with E-state index in [0.717, 1.165) is 15.6 Å². The Bertz CT molecular complexity index is 970. The lowest BCUT2D eigenvalue weighted by atomic mass is 10.2. The maximum atomic E-state index is 12.4. The largest absolute Gasteiger partial charge is 0.465 e. The zero-order valence-corrected chi connectivity index (χ0v) is 16.8. The predicted molar refractivity (Wildman–Crippen MR) is 98.5 cm³/mol. The molecule has 0 aliphatic rings. The second-order valence-electron chi connectivity index (χ2n) is 5.31. The third kappa shape index (κ3) is 4.04. The lowest BCUT2D eigenvalue weighted by Crippen LogP contribution is -2.23. The molecule has 8 nitrogen and oxygen atoms in total. The van der Waals surface area contributed by atoms with Gasteiger partial charge in [0.1, 0.15) is 9.77 Å². The molecular formula is C15H16ClN3O5S2. The minimum Gasteiger partial charge on any atom is -0.465 e. The number of carbonyl (C=O) groups excluding carboxylic acids is 2. The molecule has 11 heteroatoms. The van der Waals surface area contributed by atoms with Crippen LogP contribution in [0.15, 0.2) is 23.1 Å². The van der Waals surface area contributed by atoms with Gasteiger partial charge in [-0.05, 0) is 25.1 Å². The number of methoxy groups -OCH3 is 1. The third-order valence-corrected chi connectivity index (χ3v) is 6.69. The van der Waals surface area contributed by atoms with Crippen LogP contribution in [0.3, 0.4) is 0 Å². The van der Waals surface area contributed by atoms with Crippen LogP contribution in [0, 0.1) is 6.92 Å². The molecule has 0 saturated carbocycles. The number of hydrogen-bond acceptors (Lipinski definition) is 7. The number of aromatic nitrogens is 1. The summed E-state index contributed by atoms with van der Waals surface area (Å²) in [7, 11) is 0.176. The van der Waals surface area contributed by atoms with Gasteiger partial charge in [-0.15, -0.1) is 0 Å². The number of anilines is 1. The number of benzene rings is 1. The Morgan fingerprint density at radius 1 is 1.31 bits per heavy atom. The van der Waals surface area contributed by atoms with Crippen molar-refractivity contribution in [2.45, 2.75) is 11.8 Å². The second-order valence-corrected chi connectivity index (χ2v) is 8.84. The monoisotopic (exact) mass is 417 g/mol. The molecule has 0 aliphatic heterocycles. The number of nitrogens with one attached hydrogen (secondary N) is 1. The number of amides is 1. The zero-order chi connectivity index (χ0) is 19.6. The number of aryl methyl sites for hydroxylation is 1. The van der Waals surface area contributed by atoms with E-state index in [1.165, 1.54) is 39.4 Å². The molecule has 2 rings (SSSR count). The van der Waals surface area contributed by atoms with E-state index in [0.29, 0.717) is 5.69 Å². The standard InChI is InChI=1S/C15H16ClN3O5S2/c1-8-12(14(21)24-4)25-15(17-8)18-13(20)9-5-6-10(16)11(7-9)26(22,23)19(2)3/h5-7H,1-4H3,(H,17,18,20). The summed E-state index contributed by atoms with van der Waals surface area (Å²) in [5, 5.41) is 2.74. The van der Waals surface area contributed by atoms with Crippen LogP contribution in [0.2, 0.25) is 5.02 Å². The molecule has 0 unspecified atom stereocenters. The Balaban J connectivity index is 2.33. The molecule has 140 valence electrons. The van der Waals surface area contributed by atoms with E-state index in [2.05, 4.69) is 15.0 Å². The average Bonchev–Trinajstić information content (AvgIpc) is 2.94. The molecule has 0 bridgehead atoms. The SMILES string of the molecule is COC(=O)c1sc(NC(=O)c2ccc(Cl)c(S(=O)(=O)N(C)C)c2)nc1C. The molecule has 0 radical (unpaired) electrons. The first-order valence-electron chi connectivity index (χ1n) is 7.17. The first-order chi connectivity index (χ1) is 12.1. The maximum Gasteiger partial charge on any atom is 0.350 e. The van der Waals surface area contributed by atoms with Crippen LogP contribution in [0.5, 0.6) is 0 Å². The number of hydrogen-bond donors (Lipinski definition) is 1. The number of ether oxygens (including phenoxy) is 1. The van der Waals surface area contributed by atoms with E-state index in [4.69, 9.17) is 11.6 Å². The number of rotatable bonds is 5. The number of nitrogens with zero attached hydrogens (tertiary/aromatic N) is 2. The highest BCUT2D eigenvalue weighted by molar-refractivity contribution is 7.89. The molecular weight excluding hydrogens is 402 g/mol. The Kier molecular flexibility index (Phi) is 6.02. The number of carbonyl (C=O) groups is 2. The van der Waals surface area contributed by atoms with Gasteiger partial charge in [-0.25, -0.2) is 22.5 Å². The lowest BCUT2D eigenvalue weighted by molar-refractivity contribution is 0.0605. The molecule has 0 atom stereocenters. The van der Waals surface area contributed by atoms with Crippen molar-refractivity contribution >= 4 is 50.0 Å². The highest BCUT2D eigenvalue weighted by Crippen LogP contribution is 2.27. The van der Waals surface area contributed by atoms with E-state index in [1.807, 2.05) is 0 Å². The summed E-state index contributed by atoms with van der Waals surface area (Å²) >= 11 is 6.93. The van der Waals surface area contributed by atoms with Gasteiger partial charge < -0.3 is 4.74 Å². The van der Waals surface area contributed by atoms with E-state index in [-0.39, 0.29) is 25.5 Å². The van der Waals surface area contributed by atoms with E-state index in [1.54, 1.807) is 6.92 Å². The van der Waals surface area contributed by atoms with Crippen LogP contribution < -0.4 is 5.32 Å². The molecule has 0 saturated heterocycles. The highest BCUT2D eigenvalue weighted by atomic mass is 35.5. The fraction of sp³-hybridized carbons (Fsp3) is 0.267. The van der Waals surface area contributed by atoms with Crippen LogP contribution in [0.4, 0.5) is 5.13 Å². The summed E-state index contributed by atoms with van der Waals surface area (Å²) in [6, 6.07) is 3.92. The van der Waals surface area contributed by atoms with Gasteiger partial charge in [0.05, 0.1) is 17.8 Å². The van der Waals surface area contributed by atoms with E-state index < -0.39 is 21.9 Å². The van der Waals surface area contributed by atoms with Gasteiger partial charge in [0, 0.05) is 19.7 Å². The van der Waals surface area contributed by atoms with Gasteiger partial charge in [-0.2, -0.15) is 0 Å². The van der Waals surface area contributed by atoms with Crippen LogP contribution >= 0.6 is 22.9 Å². The molecule has 0 spiro atoms. The van der Waals surface area contributed by atoms with E-state index >= 15 is 0 Å². The van der Waals surface area contributed by atoms with Crippen LogP contribution in [0.1, 0.15) is 25.7 Å². The lowest BCUT2D eigenvalue weighted by Gasteiger charge is -2.13. The number of thiazole rings is 1. The molecule has 1 heterocycles. The van der Waals surface area contributed by atoms with Crippen molar-refractivity contribution in [1.82, 2.24) is 9.29 Å². The Morgan fingerprint density at radius 2 is 1.96 bits per heavy atom. The maximum absolute atomic E-state index is 12.4. The van der Waals surface area contributed by atoms with Crippen molar-refractivity contribution in [2.24, 2.45) is 0 Å². The first kappa shape index (κ1) is 20.3. The quantitative estimate of drug-likeness (QED) is 0.749. The minimum absolute atomic E-state index is 0.00770. The summed E-state index contributed by atoms with van der Waals surface area (Å²) < 4.78 is 30.2. The zero-order valence-electron chi connectivity index (χ0n) is 14.4. The van der Waals surface area contributed by atoms with Gasteiger partial charge >= 0.3 is 5.97 Å². The molecule has 0 aliphatic carbocycles. The summed E-state index contributed by atoms with van der Waals surface area (Å²) in [6.45, 7) is 1.61. The van der Waals surface area contributed by atoms with Gasteiger partial charge in [0.2, 0.25) is 10.0 Å². The number of sulfonamides is 1. The fourth-order valence-corrected chi connectivity index (χ4v) is 4.21. The van der Waals surface area contributed by atoms with E-state index in [9.17, 15) is 18.0 Å². The van der Waals surface area contributed by atoms with Gasteiger partial charge in [-0.3, -0.25) is 10.1 Å². The van der Waals surface area contributed by atoms with Crippen molar-refractivity contribution in [3.05, 3.63) is 39.4 Å². The van der Waals surface area contributed by atoms with Gasteiger partial charge in [0.25, 0.3) is 5.91 Å². The number of halogens is 1. The fourth-order valence-electron chi connectivity index (χ4n) is 1.94. The molecule has 2 aromatic rings. The topological polar surface area (TPSA) is 106 Å². The van der Waals surface area contributed by atoms with Crippen LogP contribution in [0.25, 0.3) is 0 Å². The van der Waals surface area contributed by atoms with Crippen molar-refractivity contribution in [3.63, 3.8) is 0 Å². The van der Waals surface area contributed by atoms with Crippen molar-refractivity contribution in [3.8, 4) is 0 Å². The van der Waals surface area contributed by atoms with Crippen LogP contribution in [-0.4, -0.2) is 50.8 Å². The summed E-state index contributed by atoms with van der Waals surface area (Å²) in [5.41, 5.74) is 0.506. The third-order valence-electron chi connectivity index (χ3n) is 3.34. The molecule has 26 heavy (non-hydrogen) atoms. The minimum atomic E-state index is -3.81. The number of esters is 1. The second kappa shape index (κ2) is 7.70. The molecule has 0 fully saturated rings. The summed E-state index contributed by atoms with van der Waals surface area (Å²) in [6.07, 6.45) is 0. The van der Waals surface area contributed by atoms with Gasteiger partial charge in [0.15, 0.2) is 5.13 Å². The molecule has 1 aromatic heterocycles. The summed E-state index contributed by atoms with van der Waals surface area (Å²) in [4.78, 5) is 28.2. The highest BCUT2D eigenvalue weighted by Gasteiger charge is 2.23. The Labute approximate surface area is 159 Å². The summed E-state index contributed by atoms with van der Waals surface area (Å²) in [5.74, 6) is -1.13. The molecule has 1 aromatic carbocycles. The normalized spacial score (nSPS) is 11.5. The average molecular weight is 418 g/mol.